The first-order valence-corrected chi connectivity index (χ1v) is 6.07. The van der Waals surface area contributed by atoms with Gasteiger partial charge in [-0.05, 0) is 22.0 Å². The molecular formula is C11H11BrF2N2O2. The minimum Gasteiger partial charge on any atom is -0.379 e. The average Bonchev–Trinajstić information content (AvgIpc) is 2.72. The monoisotopic (exact) mass is 320 g/mol. The van der Waals surface area contributed by atoms with E-state index < -0.39 is 29.5 Å². The van der Waals surface area contributed by atoms with Crippen molar-refractivity contribution in [2.24, 2.45) is 11.7 Å². The molecule has 4 nitrogen and oxygen atoms in total. The maximum absolute atomic E-state index is 13.4. The standard InChI is InChI=1S/C11H11BrF2N2O2/c12-6-1-10(8(14)2-7(6)13)16-11(17)5-3-18-4-9(5)15/h1-2,5,9H,3-4,15H2,(H,16,17). The number of nitrogens with two attached hydrogens (primary N) is 1. The molecule has 3 N–H and O–H groups in total. The Labute approximate surface area is 111 Å². The molecule has 18 heavy (non-hydrogen) atoms. The molecule has 0 spiro atoms. The Balaban J connectivity index is 2.14. The van der Waals surface area contributed by atoms with Gasteiger partial charge in [-0.2, -0.15) is 0 Å². The fourth-order valence-electron chi connectivity index (χ4n) is 1.68. The molecule has 1 aliphatic heterocycles. The van der Waals surface area contributed by atoms with Crippen LogP contribution in [0.1, 0.15) is 0 Å². The van der Waals surface area contributed by atoms with Crippen LogP contribution in [0.2, 0.25) is 0 Å². The highest BCUT2D eigenvalue weighted by atomic mass is 79.9. The number of rotatable bonds is 2. The lowest BCUT2D eigenvalue weighted by molar-refractivity contribution is -0.120. The maximum Gasteiger partial charge on any atom is 0.231 e. The number of benzene rings is 1. The van der Waals surface area contributed by atoms with Crippen LogP contribution in [0.5, 0.6) is 0 Å². The molecule has 2 unspecified atom stereocenters. The average molecular weight is 321 g/mol. The zero-order valence-electron chi connectivity index (χ0n) is 9.25. The largest absolute Gasteiger partial charge is 0.379 e. The van der Waals surface area contributed by atoms with E-state index in [4.69, 9.17) is 10.5 Å². The predicted octanol–water partition coefficient (Wildman–Crippen LogP) is 1.64. The normalized spacial score (nSPS) is 23.1. The van der Waals surface area contributed by atoms with Crippen LogP contribution in [0, 0.1) is 17.6 Å². The van der Waals surface area contributed by atoms with Crippen LogP contribution in [0.25, 0.3) is 0 Å². The Morgan fingerprint density at radius 3 is 2.72 bits per heavy atom. The molecule has 0 aromatic heterocycles. The molecular weight excluding hydrogens is 310 g/mol. The molecule has 1 aliphatic rings. The number of anilines is 1. The van der Waals surface area contributed by atoms with Crippen molar-refractivity contribution in [2.75, 3.05) is 18.5 Å². The minimum absolute atomic E-state index is 0.0752. The highest BCUT2D eigenvalue weighted by Gasteiger charge is 2.31. The van der Waals surface area contributed by atoms with Crippen LogP contribution >= 0.6 is 15.9 Å². The van der Waals surface area contributed by atoms with Crippen molar-refractivity contribution >= 4 is 27.5 Å². The van der Waals surface area contributed by atoms with E-state index in [1.54, 1.807) is 0 Å². The smallest absolute Gasteiger partial charge is 0.231 e. The van der Waals surface area contributed by atoms with Crippen molar-refractivity contribution in [3.63, 3.8) is 0 Å². The first-order valence-electron chi connectivity index (χ1n) is 5.27. The van der Waals surface area contributed by atoms with E-state index in [-0.39, 0.29) is 16.8 Å². The number of halogens is 3. The SMILES string of the molecule is NC1COCC1C(=O)Nc1cc(Br)c(F)cc1F. The number of hydrogen-bond acceptors (Lipinski definition) is 3. The lowest BCUT2D eigenvalue weighted by atomic mass is 10.0. The van der Waals surface area contributed by atoms with Gasteiger partial charge < -0.3 is 15.8 Å². The molecule has 0 bridgehead atoms. The summed E-state index contributed by atoms with van der Waals surface area (Å²) < 4.78 is 31.6. The fraction of sp³-hybridized carbons (Fsp3) is 0.364. The van der Waals surface area contributed by atoms with Gasteiger partial charge in [0.05, 0.1) is 29.3 Å². The maximum atomic E-state index is 13.4. The molecule has 7 heteroatoms. The fourth-order valence-corrected chi connectivity index (χ4v) is 2.03. The molecule has 0 aliphatic carbocycles. The minimum atomic E-state index is -0.837. The lowest BCUT2D eigenvalue weighted by Gasteiger charge is -2.14. The second-order valence-corrected chi connectivity index (χ2v) is 4.90. The van der Waals surface area contributed by atoms with Gasteiger partial charge in [0.2, 0.25) is 5.91 Å². The first kappa shape index (κ1) is 13.4. The van der Waals surface area contributed by atoms with Gasteiger partial charge in [-0.3, -0.25) is 4.79 Å². The number of carbonyl (C=O) groups is 1. The predicted molar refractivity (Wildman–Crippen MR) is 65.0 cm³/mol. The number of nitrogens with one attached hydrogen (secondary N) is 1. The third-order valence-corrected chi connectivity index (χ3v) is 3.34. The summed E-state index contributed by atoms with van der Waals surface area (Å²) in [6.07, 6.45) is 0. The number of hydrogen-bond donors (Lipinski definition) is 2. The second-order valence-electron chi connectivity index (χ2n) is 4.04. The van der Waals surface area contributed by atoms with E-state index in [9.17, 15) is 13.6 Å². The van der Waals surface area contributed by atoms with E-state index in [2.05, 4.69) is 21.2 Å². The van der Waals surface area contributed by atoms with Gasteiger partial charge in [0.1, 0.15) is 11.6 Å². The number of ether oxygens (including phenoxy) is 1. The topological polar surface area (TPSA) is 64.3 Å². The van der Waals surface area contributed by atoms with Gasteiger partial charge in [-0.1, -0.05) is 0 Å². The van der Waals surface area contributed by atoms with Gasteiger partial charge in [0.15, 0.2) is 0 Å². The van der Waals surface area contributed by atoms with E-state index in [0.29, 0.717) is 12.7 Å². The summed E-state index contributed by atoms with van der Waals surface area (Å²) in [6.45, 7) is 0.505. The van der Waals surface area contributed by atoms with Crippen LogP contribution in [-0.4, -0.2) is 25.2 Å². The van der Waals surface area contributed by atoms with Crippen molar-refractivity contribution in [1.29, 1.82) is 0 Å². The zero-order chi connectivity index (χ0) is 13.3. The summed E-state index contributed by atoms with van der Waals surface area (Å²) >= 11 is 2.92. The molecule has 0 radical (unpaired) electrons. The van der Waals surface area contributed by atoms with Gasteiger partial charge in [-0.15, -0.1) is 0 Å². The Morgan fingerprint density at radius 2 is 2.11 bits per heavy atom. The van der Waals surface area contributed by atoms with Crippen LogP contribution in [0.15, 0.2) is 16.6 Å². The highest BCUT2D eigenvalue weighted by molar-refractivity contribution is 9.10. The zero-order valence-corrected chi connectivity index (χ0v) is 10.8. The highest BCUT2D eigenvalue weighted by Crippen LogP contribution is 2.24. The molecule has 1 heterocycles. The Bertz CT molecular complexity index is 484. The van der Waals surface area contributed by atoms with Crippen molar-refractivity contribution in [3.8, 4) is 0 Å². The first-order chi connectivity index (χ1) is 8.49. The number of carbonyl (C=O) groups excluding carboxylic acids is 1. The Morgan fingerprint density at radius 1 is 1.39 bits per heavy atom. The van der Waals surface area contributed by atoms with Gasteiger partial charge in [0, 0.05) is 12.1 Å². The van der Waals surface area contributed by atoms with Gasteiger partial charge in [-0.25, -0.2) is 8.78 Å². The van der Waals surface area contributed by atoms with Crippen LogP contribution in [-0.2, 0) is 9.53 Å². The molecule has 1 fully saturated rings. The second kappa shape index (κ2) is 5.29. The lowest BCUT2D eigenvalue weighted by Crippen LogP contribution is -2.37. The molecule has 2 atom stereocenters. The summed E-state index contributed by atoms with van der Waals surface area (Å²) in [7, 11) is 0. The van der Waals surface area contributed by atoms with Crippen LogP contribution < -0.4 is 11.1 Å². The van der Waals surface area contributed by atoms with Crippen molar-refractivity contribution in [3.05, 3.63) is 28.2 Å². The van der Waals surface area contributed by atoms with Gasteiger partial charge in [0.25, 0.3) is 0 Å². The molecule has 1 aromatic rings. The summed E-state index contributed by atoms with van der Waals surface area (Å²) in [5, 5.41) is 2.38. The van der Waals surface area contributed by atoms with Crippen molar-refractivity contribution in [1.82, 2.24) is 0 Å². The van der Waals surface area contributed by atoms with Crippen LogP contribution in [0.3, 0.4) is 0 Å². The molecule has 1 amide bonds. The summed E-state index contributed by atoms with van der Waals surface area (Å²) in [4.78, 5) is 11.8. The third-order valence-electron chi connectivity index (χ3n) is 2.73. The summed E-state index contributed by atoms with van der Waals surface area (Å²) in [5.74, 6) is -2.52. The third kappa shape index (κ3) is 2.68. The quantitative estimate of drug-likeness (QED) is 0.814. The van der Waals surface area contributed by atoms with Crippen molar-refractivity contribution < 1.29 is 18.3 Å². The van der Waals surface area contributed by atoms with Gasteiger partial charge >= 0.3 is 0 Å². The molecule has 98 valence electrons. The summed E-state index contributed by atoms with van der Waals surface area (Å²) in [5.41, 5.74) is 5.59. The molecule has 1 saturated heterocycles. The van der Waals surface area contributed by atoms with E-state index in [1.807, 2.05) is 0 Å². The Kier molecular flexibility index (Phi) is 3.94. The molecule has 2 rings (SSSR count). The number of amides is 1. The van der Waals surface area contributed by atoms with E-state index in [1.165, 1.54) is 6.07 Å². The summed E-state index contributed by atoms with van der Waals surface area (Å²) in [6, 6.07) is 1.46. The van der Waals surface area contributed by atoms with E-state index in [0.717, 1.165) is 0 Å². The van der Waals surface area contributed by atoms with Crippen LogP contribution in [0.4, 0.5) is 14.5 Å². The van der Waals surface area contributed by atoms with E-state index >= 15 is 0 Å². The Hall–Kier alpha value is -1.05. The molecule has 1 aromatic carbocycles. The van der Waals surface area contributed by atoms with Crippen molar-refractivity contribution in [2.45, 2.75) is 6.04 Å². The molecule has 0 saturated carbocycles.